The molecule has 0 aliphatic rings. The molecule has 1 unspecified atom stereocenters. The Balaban J connectivity index is 2.69. The topological polar surface area (TPSA) is 75.7 Å². The third-order valence-electron chi connectivity index (χ3n) is 4.37. The van der Waals surface area contributed by atoms with Crippen LogP contribution in [0, 0.1) is 12.8 Å². The van der Waals surface area contributed by atoms with Gasteiger partial charge in [-0.25, -0.2) is 0 Å². The maximum atomic E-state index is 12.9. The number of rotatable bonds is 9. The molecular weight excluding hydrogens is 368 g/mol. The van der Waals surface area contributed by atoms with Crippen molar-refractivity contribution in [3.8, 4) is 0 Å². The number of carbonyl (C=O) groups is 3. The number of nitrogens with zero attached hydrogens (tertiary/aromatic N) is 1. The van der Waals surface area contributed by atoms with Crippen LogP contribution in [-0.4, -0.2) is 47.9 Å². The Morgan fingerprint density at radius 2 is 1.76 bits per heavy atom. The molecule has 0 fully saturated rings. The van der Waals surface area contributed by atoms with Crippen molar-refractivity contribution in [2.24, 2.45) is 5.92 Å². The third kappa shape index (κ3) is 9.11. The van der Waals surface area contributed by atoms with Gasteiger partial charge in [-0.1, -0.05) is 32.0 Å². The van der Waals surface area contributed by atoms with Gasteiger partial charge in [0, 0.05) is 25.6 Å². The number of benzene rings is 1. The zero-order chi connectivity index (χ0) is 22.2. The molecule has 0 bridgehead atoms. The van der Waals surface area contributed by atoms with Crippen LogP contribution in [0.15, 0.2) is 24.3 Å². The van der Waals surface area contributed by atoms with Crippen LogP contribution in [0.5, 0.6) is 0 Å². The van der Waals surface area contributed by atoms with Crippen LogP contribution in [-0.2, 0) is 14.3 Å². The molecule has 0 radical (unpaired) electrons. The summed E-state index contributed by atoms with van der Waals surface area (Å²) in [5.74, 6) is -0.421. The summed E-state index contributed by atoms with van der Waals surface area (Å²) in [7, 11) is 1.70. The van der Waals surface area contributed by atoms with E-state index in [-0.39, 0.29) is 30.1 Å². The fourth-order valence-electron chi connectivity index (χ4n) is 2.99. The van der Waals surface area contributed by atoms with Gasteiger partial charge in [0.25, 0.3) is 5.91 Å². The predicted molar refractivity (Wildman–Crippen MR) is 115 cm³/mol. The Labute approximate surface area is 175 Å². The second-order valence-corrected chi connectivity index (χ2v) is 8.92. The molecule has 1 aromatic rings. The number of esters is 1. The van der Waals surface area contributed by atoms with E-state index in [1.54, 1.807) is 18.0 Å². The van der Waals surface area contributed by atoms with Crippen LogP contribution in [0.4, 0.5) is 0 Å². The molecule has 0 aliphatic carbocycles. The molecule has 29 heavy (non-hydrogen) atoms. The van der Waals surface area contributed by atoms with Crippen molar-refractivity contribution in [2.75, 3.05) is 13.6 Å². The number of nitrogens with one attached hydrogen (secondary N) is 1. The van der Waals surface area contributed by atoms with Crippen LogP contribution in [0.3, 0.4) is 0 Å². The first-order chi connectivity index (χ1) is 13.4. The van der Waals surface area contributed by atoms with E-state index in [1.165, 1.54) is 0 Å². The van der Waals surface area contributed by atoms with Crippen LogP contribution >= 0.6 is 0 Å². The number of hydrogen-bond acceptors (Lipinski definition) is 4. The fraction of sp³-hybridized carbons (Fsp3) is 0.609. The molecule has 0 spiro atoms. The summed E-state index contributed by atoms with van der Waals surface area (Å²) in [5, 5.41) is 2.89. The third-order valence-corrected chi connectivity index (χ3v) is 4.37. The average molecular weight is 405 g/mol. The monoisotopic (exact) mass is 404 g/mol. The molecular formula is C23H36N2O4. The van der Waals surface area contributed by atoms with E-state index in [0.717, 1.165) is 5.56 Å². The highest BCUT2D eigenvalue weighted by atomic mass is 16.6. The Bertz CT molecular complexity index is 707. The maximum absolute atomic E-state index is 12.9. The Kier molecular flexibility index (Phi) is 9.34. The summed E-state index contributed by atoms with van der Waals surface area (Å²) in [6.07, 6.45) is 1.31. The van der Waals surface area contributed by atoms with Gasteiger partial charge in [0.05, 0.1) is 0 Å². The molecule has 6 nitrogen and oxygen atoms in total. The second kappa shape index (κ2) is 11.0. The van der Waals surface area contributed by atoms with E-state index in [0.29, 0.717) is 24.9 Å². The van der Waals surface area contributed by atoms with Crippen molar-refractivity contribution in [1.82, 2.24) is 10.2 Å². The lowest BCUT2D eigenvalue weighted by atomic mass is 10.0. The van der Waals surface area contributed by atoms with E-state index >= 15 is 0 Å². The molecule has 162 valence electrons. The minimum atomic E-state index is -0.603. The van der Waals surface area contributed by atoms with Gasteiger partial charge in [0.1, 0.15) is 11.6 Å². The molecule has 1 rings (SSSR count). The number of ether oxygens (including phenoxy) is 1. The molecule has 6 heteroatoms. The normalized spacial score (nSPS) is 12.4. The predicted octanol–water partition coefficient (Wildman–Crippen LogP) is 3.72. The van der Waals surface area contributed by atoms with Gasteiger partial charge in [-0.05, 0) is 58.1 Å². The van der Waals surface area contributed by atoms with Crippen molar-refractivity contribution < 1.29 is 19.1 Å². The van der Waals surface area contributed by atoms with Gasteiger partial charge in [-0.2, -0.15) is 0 Å². The van der Waals surface area contributed by atoms with E-state index in [4.69, 9.17) is 4.74 Å². The highest BCUT2D eigenvalue weighted by Gasteiger charge is 2.26. The largest absolute Gasteiger partial charge is 0.460 e. The summed E-state index contributed by atoms with van der Waals surface area (Å²) in [6.45, 7) is 11.8. The Hall–Kier alpha value is -2.37. The number of aryl methyl sites for hydroxylation is 1. The molecule has 0 heterocycles. The highest BCUT2D eigenvalue weighted by molar-refractivity contribution is 5.98. The summed E-state index contributed by atoms with van der Waals surface area (Å²) in [6, 6.07) is 6.71. The number of carbonyl (C=O) groups excluding carboxylic acids is 3. The Morgan fingerprint density at radius 1 is 1.14 bits per heavy atom. The lowest BCUT2D eigenvalue weighted by Gasteiger charge is -2.26. The van der Waals surface area contributed by atoms with E-state index in [1.807, 2.05) is 59.7 Å². The molecule has 0 aromatic heterocycles. The zero-order valence-corrected chi connectivity index (χ0v) is 18.9. The lowest BCUT2D eigenvalue weighted by molar-refractivity contribution is -0.155. The Morgan fingerprint density at radius 3 is 2.31 bits per heavy atom. The van der Waals surface area contributed by atoms with Crippen LogP contribution in [0.25, 0.3) is 0 Å². The van der Waals surface area contributed by atoms with Crippen molar-refractivity contribution in [1.29, 1.82) is 0 Å². The van der Waals surface area contributed by atoms with Gasteiger partial charge in [0.15, 0.2) is 0 Å². The van der Waals surface area contributed by atoms with Crippen LogP contribution in [0.2, 0.25) is 0 Å². The number of likely N-dealkylation sites (N-methyl/N-ethyl adjacent to an activating group) is 1. The zero-order valence-electron chi connectivity index (χ0n) is 18.9. The minimum Gasteiger partial charge on any atom is -0.460 e. The number of amides is 2. The first-order valence-corrected chi connectivity index (χ1v) is 10.2. The molecule has 1 aromatic carbocycles. The molecule has 2 amide bonds. The van der Waals surface area contributed by atoms with Crippen LogP contribution in [0.1, 0.15) is 69.8 Å². The first kappa shape index (κ1) is 24.7. The first-order valence-electron chi connectivity index (χ1n) is 10.2. The van der Waals surface area contributed by atoms with Gasteiger partial charge >= 0.3 is 5.97 Å². The maximum Gasteiger partial charge on any atom is 0.306 e. The summed E-state index contributed by atoms with van der Waals surface area (Å²) in [4.78, 5) is 39.0. The number of hydrogen-bond donors (Lipinski definition) is 1. The van der Waals surface area contributed by atoms with Crippen molar-refractivity contribution in [3.05, 3.63) is 35.4 Å². The molecule has 1 atom stereocenters. The summed E-state index contributed by atoms with van der Waals surface area (Å²) in [5.41, 5.74) is 0.925. The van der Waals surface area contributed by atoms with Crippen molar-refractivity contribution >= 4 is 17.8 Å². The average Bonchev–Trinajstić information content (AvgIpc) is 2.58. The molecule has 1 N–H and O–H groups in total. The fourth-order valence-corrected chi connectivity index (χ4v) is 2.99. The lowest BCUT2D eigenvalue weighted by Crippen LogP contribution is -2.48. The van der Waals surface area contributed by atoms with Crippen LogP contribution < -0.4 is 5.32 Å². The summed E-state index contributed by atoms with van der Waals surface area (Å²) >= 11 is 0. The quantitative estimate of drug-likeness (QED) is 0.637. The van der Waals surface area contributed by atoms with E-state index < -0.39 is 11.6 Å². The summed E-state index contributed by atoms with van der Waals surface area (Å²) < 4.78 is 5.29. The molecule has 0 saturated heterocycles. The van der Waals surface area contributed by atoms with Gasteiger partial charge in [-0.3, -0.25) is 14.4 Å². The van der Waals surface area contributed by atoms with Gasteiger partial charge in [0.2, 0.25) is 5.91 Å². The van der Waals surface area contributed by atoms with Gasteiger partial charge in [-0.15, -0.1) is 0 Å². The highest BCUT2D eigenvalue weighted by Crippen LogP contribution is 2.13. The second-order valence-electron chi connectivity index (χ2n) is 8.92. The van der Waals surface area contributed by atoms with Crippen molar-refractivity contribution in [3.63, 3.8) is 0 Å². The van der Waals surface area contributed by atoms with E-state index in [9.17, 15) is 14.4 Å². The minimum absolute atomic E-state index is 0.148. The molecule has 0 saturated carbocycles. The van der Waals surface area contributed by atoms with Crippen molar-refractivity contribution in [2.45, 2.75) is 72.4 Å². The smallest absolute Gasteiger partial charge is 0.306 e. The van der Waals surface area contributed by atoms with E-state index in [2.05, 4.69) is 5.32 Å². The van der Waals surface area contributed by atoms with Gasteiger partial charge < -0.3 is 15.0 Å². The SMILES string of the molecule is Cc1ccccc1C(=O)NC(CC(C)C)C(=O)N(C)CCCC(=O)OC(C)(C)C. The molecule has 0 aliphatic heterocycles. The standard InChI is InChI=1S/C23H36N2O4/c1-16(2)15-19(24-21(27)18-12-9-8-11-17(18)3)22(28)25(7)14-10-13-20(26)29-23(4,5)6/h8-9,11-12,16,19H,10,13-15H2,1-7H3,(H,24,27).